The molecule has 33 heavy (non-hydrogen) atoms. The van der Waals surface area contributed by atoms with Crippen molar-refractivity contribution in [3.63, 3.8) is 0 Å². The van der Waals surface area contributed by atoms with Crippen molar-refractivity contribution in [3.05, 3.63) is 71.5 Å². The van der Waals surface area contributed by atoms with Gasteiger partial charge >= 0.3 is 0 Å². The molecule has 0 N–H and O–H groups in total. The zero-order valence-corrected chi connectivity index (χ0v) is 21.1. The quantitative estimate of drug-likeness (QED) is 0.273. The summed E-state index contributed by atoms with van der Waals surface area (Å²) in [5, 5.41) is 0. The predicted molar refractivity (Wildman–Crippen MR) is 137 cm³/mol. The molecular formula is C26H37Cl2FN2O2. The summed E-state index contributed by atoms with van der Waals surface area (Å²) in [7, 11) is 0. The number of benzene rings is 2. The molecule has 7 heteroatoms. The van der Waals surface area contributed by atoms with E-state index in [1.54, 1.807) is 12.1 Å². The van der Waals surface area contributed by atoms with Crippen LogP contribution in [0.25, 0.3) is 0 Å². The van der Waals surface area contributed by atoms with Gasteiger partial charge in [0.05, 0.1) is 6.10 Å². The van der Waals surface area contributed by atoms with Crippen molar-refractivity contribution in [3.8, 4) is 0 Å². The van der Waals surface area contributed by atoms with Crippen LogP contribution < -0.4 is 0 Å². The summed E-state index contributed by atoms with van der Waals surface area (Å²) >= 11 is 0. The van der Waals surface area contributed by atoms with Gasteiger partial charge in [-0.25, -0.2) is 4.39 Å². The number of piperazine rings is 1. The Morgan fingerprint density at radius 2 is 1.58 bits per heavy atom. The highest BCUT2D eigenvalue weighted by Gasteiger charge is 2.21. The minimum atomic E-state index is -0.306. The lowest BCUT2D eigenvalue weighted by atomic mass is 10.1. The van der Waals surface area contributed by atoms with Crippen LogP contribution in [0.4, 0.5) is 4.39 Å². The van der Waals surface area contributed by atoms with Gasteiger partial charge in [0.25, 0.3) is 0 Å². The third-order valence-electron chi connectivity index (χ3n) is 5.92. The van der Waals surface area contributed by atoms with E-state index in [4.69, 9.17) is 4.74 Å². The minimum Gasteiger partial charge on any atom is -0.372 e. The van der Waals surface area contributed by atoms with Crippen molar-refractivity contribution >= 4 is 30.6 Å². The number of carbonyl (C=O) groups is 1. The first kappa shape index (κ1) is 29.5. The topological polar surface area (TPSA) is 32.8 Å². The van der Waals surface area contributed by atoms with Crippen LogP contribution in [0.3, 0.4) is 0 Å². The lowest BCUT2D eigenvalue weighted by molar-refractivity contribution is 0.0108. The fraction of sp³-hybridized carbons (Fsp3) is 0.500. The van der Waals surface area contributed by atoms with Crippen molar-refractivity contribution in [2.45, 2.75) is 38.7 Å². The Hall–Kier alpha value is -1.50. The first-order valence-electron chi connectivity index (χ1n) is 11.6. The van der Waals surface area contributed by atoms with Crippen LogP contribution in [0, 0.1) is 5.82 Å². The summed E-state index contributed by atoms with van der Waals surface area (Å²) in [6, 6.07) is 16.4. The Morgan fingerprint density at radius 1 is 0.939 bits per heavy atom. The summed E-state index contributed by atoms with van der Waals surface area (Å²) < 4.78 is 19.2. The van der Waals surface area contributed by atoms with E-state index in [9.17, 15) is 9.18 Å². The van der Waals surface area contributed by atoms with Crippen LogP contribution >= 0.6 is 24.8 Å². The van der Waals surface area contributed by atoms with Crippen LogP contribution in [-0.2, 0) is 4.74 Å². The molecule has 1 saturated heterocycles. The number of rotatable bonds is 12. The molecule has 1 unspecified atom stereocenters. The Kier molecular flexibility index (Phi) is 14.5. The monoisotopic (exact) mass is 498 g/mol. The van der Waals surface area contributed by atoms with Crippen LogP contribution in [0.5, 0.6) is 0 Å². The Bertz CT molecular complexity index is 785. The summed E-state index contributed by atoms with van der Waals surface area (Å²) in [6.07, 6.45) is 3.70. The van der Waals surface area contributed by atoms with Crippen LogP contribution in [-0.4, -0.2) is 61.5 Å². The summed E-state index contributed by atoms with van der Waals surface area (Å²) in [5.41, 5.74) is 1.85. The molecule has 3 rings (SSSR count). The van der Waals surface area contributed by atoms with Gasteiger partial charge in [0.1, 0.15) is 5.82 Å². The first-order valence-corrected chi connectivity index (χ1v) is 11.6. The summed E-state index contributed by atoms with van der Waals surface area (Å²) in [5.74, 6) is -0.215. The molecule has 0 saturated carbocycles. The fourth-order valence-electron chi connectivity index (χ4n) is 3.97. The van der Waals surface area contributed by atoms with E-state index < -0.39 is 0 Å². The number of Topliss-reactive ketones (excluding diaryl/α,β-unsaturated/α-hetero) is 1. The number of hydrogen-bond donors (Lipinski definition) is 0. The van der Waals surface area contributed by atoms with Crippen LogP contribution in [0.2, 0.25) is 0 Å². The number of ether oxygens (including phenoxy) is 1. The van der Waals surface area contributed by atoms with Crippen LogP contribution in [0.15, 0.2) is 54.6 Å². The Morgan fingerprint density at radius 3 is 2.21 bits per heavy atom. The average molecular weight is 499 g/mol. The molecule has 0 aliphatic carbocycles. The normalized spacial score (nSPS) is 15.3. The van der Waals surface area contributed by atoms with Gasteiger partial charge in [-0.1, -0.05) is 43.7 Å². The maximum absolute atomic E-state index is 13.0. The third kappa shape index (κ3) is 10.1. The van der Waals surface area contributed by atoms with Crippen molar-refractivity contribution in [1.29, 1.82) is 0 Å². The molecule has 4 nitrogen and oxygen atoms in total. The largest absolute Gasteiger partial charge is 0.372 e. The molecule has 0 radical (unpaired) electrons. The number of carbonyl (C=O) groups excluding carboxylic acids is 1. The minimum absolute atomic E-state index is 0. The van der Waals surface area contributed by atoms with Crippen molar-refractivity contribution in [2.24, 2.45) is 0 Å². The molecule has 1 aliphatic heterocycles. The van der Waals surface area contributed by atoms with Gasteiger partial charge < -0.3 is 9.64 Å². The lowest BCUT2D eigenvalue weighted by Crippen LogP contribution is -2.47. The van der Waals surface area contributed by atoms with Crippen molar-refractivity contribution in [2.75, 3.05) is 45.9 Å². The maximum atomic E-state index is 13.0. The van der Waals surface area contributed by atoms with Crippen molar-refractivity contribution in [1.82, 2.24) is 9.80 Å². The molecule has 0 aromatic heterocycles. The zero-order chi connectivity index (χ0) is 21.9. The lowest BCUT2D eigenvalue weighted by Gasteiger charge is -2.36. The second kappa shape index (κ2) is 16.2. The molecule has 0 amide bonds. The van der Waals surface area contributed by atoms with Gasteiger partial charge in [-0.3, -0.25) is 9.69 Å². The van der Waals surface area contributed by atoms with E-state index in [0.717, 1.165) is 65.1 Å². The van der Waals surface area contributed by atoms with E-state index >= 15 is 0 Å². The number of nitrogens with zero attached hydrogens (tertiary/aromatic N) is 2. The standard InChI is InChI=1S/C26H35FN2O2.2ClH/c1-2-3-20-31-26(23-8-5-4-6-9-23)21-29-18-16-28(17-19-29)15-7-10-25(30)22-11-13-24(27)14-12-22;;/h4-6,8-9,11-14,26H,2-3,7,10,15-21H2,1H3;2*1H. The first-order chi connectivity index (χ1) is 15.2. The molecular weight excluding hydrogens is 462 g/mol. The maximum Gasteiger partial charge on any atom is 0.162 e. The molecule has 0 spiro atoms. The molecule has 1 atom stereocenters. The second-order valence-corrected chi connectivity index (χ2v) is 8.30. The molecule has 0 bridgehead atoms. The van der Waals surface area contributed by atoms with Gasteiger partial charge in [-0.2, -0.15) is 0 Å². The van der Waals surface area contributed by atoms with E-state index in [1.165, 1.54) is 17.7 Å². The van der Waals surface area contributed by atoms with Crippen molar-refractivity contribution < 1.29 is 13.9 Å². The highest BCUT2D eigenvalue weighted by Crippen LogP contribution is 2.20. The molecule has 1 heterocycles. The van der Waals surface area contributed by atoms with Gasteiger partial charge in [-0.05, 0) is 49.2 Å². The highest BCUT2D eigenvalue weighted by molar-refractivity contribution is 5.95. The highest BCUT2D eigenvalue weighted by atomic mass is 35.5. The SMILES string of the molecule is CCCCOC(CN1CCN(CCCC(=O)c2ccc(F)cc2)CC1)c1ccccc1.Cl.Cl. The number of unbranched alkanes of at least 4 members (excludes halogenated alkanes) is 1. The number of halogens is 3. The Labute approximate surface area is 210 Å². The average Bonchev–Trinajstić information content (AvgIpc) is 2.80. The number of hydrogen-bond acceptors (Lipinski definition) is 4. The molecule has 2 aromatic rings. The van der Waals surface area contributed by atoms with Gasteiger partial charge in [-0.15, -0.1) is 24.8 Å². The summed E-state index contributed by atoms with van der Waals surface area (Å²) in [4.78, 5) is 17.2. The Balaban J connectivity index is 0.00000272. The van der Waals surface area contributed by atoms with Crippen LogP contribution in [0.1, 0.15) is 54.6 Å². The zero-order valence-electron chi connectivity index (χ0n) is 19.5. The summed E-state index contributed by atoms with van der Waals surface area (Å²) in [6.45, 7) is 8.91. The smallest absolute Gasteiger partial charge is 0.162 e. The predicted octanol–water partition coefficient (Wildman–Crippen LogP) is 5.81. The van der Waals surface area contributed by atoms with E-state index in [0.29, 0.717) is 12.0 Å². The number of ketones is 1. The van der Waals surface area contributed by atoms with E-state index in [-0.39, 0.29) is 42.5 Å². The van der Waals surface area contributed by atoms with Gasteiger partial charge in [0.2, 0.25) is 0 Å². The molecule has 1 aliphatic rings. The van der Waals surface area contributed by atoms with Gasteiger partial charge in [0.15, 0.2) is 5.78 Å². The van der Waals surface area contributed by atoms with E-state index in [1.807, 2.05) is 6.07 Å². The molecule has 2 aromatic carbocycles. The van der Waals surface area contributed by atoms with Gasteiger partial charge in [0, 0.05) is 51.3 Å². The fourth-order valence-corrected chi connectivity index (χ4v) is 3.97. The third-order valence-corrected chi connectivity index (χ3v) is 5.92. The van der Waals surface area contributed by atoms with E-state index in [2.05, 4.69) is 41.0 Å². The molecule has 184 valence electrons. The molecule has 1 fully saturated rings. The second-order valence-electron chi connectivity index (χ2n) is 8.30.